The molecule has 0 spiro atoms. The largest absolute Gasteiger partial charge is 0.399 e. The van der Waals surface area contributed by atoms with Gasteiger partial charge in [0.05, 0.1) is 0 Å². The summed E-state index contributed by atoms with van der Waals surface area (Å²) in [5.74, 6) is 0. The van der Waals surface area contributed by atoms with Gasteiger partial charge in [-0.3, -0.25) is 4.90 Å². The fraction of sp³-hybridized carbons (Fsp3) is 0.538. The van der Waals surface area contributed by atoms with Crippen LogP contribution in [0.4, 0.5) is 11.4 Å². The SMILES string of the molecule is CCN(CCNc1ccc(N)cc1I)C1CC1. The minimum Gasteiger partial charge on any atom is -0.399 e. The lowest BCUT2D eigenvalue weighted by molar-refractivity contribution is 0.289. The summed E-state index contributed by atoms with van der Waals surface area (Å²) in [6.45, 7) is 5.53. The second kappa shape index (κ2) is 5.91. The Morgan fingerprint density at radius 2 is 2.24 bits per heavy atom. The van der Waals surface area contributed by atoms with Crippen LogP contribution in [0.2, 0.25) is 0 Å². The van der Waals surface area contributed by atoms with E-state index in [1.807, 2.05) is 12.1 Å². The smallest absolute Gasteiger partial charge is 0.0477 e. The molecule has 4 heteroatoms. The molecule has 1 aliphatic rings. The highest BCUT2D eigenvalue weighted by molar-refractivity contribution is 14.1. The molecule has 2 rings (SSSR count). The van der Waals surface area contributed by atoms with Gasteiger partial charge in [-0.25, -0.2) is 0 Å². The molecule has 0 radical (unpaired) electrons. The molecule has 0 atom stereocenters. The summed E-state index contributed by atoms with van der Waals surface area (Å²) in [6, 6.07) is 6.86. The third-order valence-electron chi connectivity index (χ3n) is 3.18. The van der Waals surface area contributed by atoms with Gasteiger partial charge in [-0.1, -0.05) is 6.92 Å². The number of hydrogen-bond acceptors (Lipinski definition) is 3. The van der Waals surface area contributed by atoms with Gasteiger partial charge in [0.15, 0.2) is 0 Å². The highest BCUT2D eigenvalue weighted by Gasteiger charge is 2.27. The zero-order chi connectivity index (χ0) is 12.3. The maximum atomic E-state index is 5.73. The maximum absolute atomic E-state index is 5.73. The Balaban J connectivity index is 1.80. The van der Waals surface area contributed by atoms with Crippen LogP contribution in [0.15, 0.2) is 18.2 Å². The van der Waals surface area contributed by atoms with E-state index in [2.05, 4.69) is 45.8 Å². The van der Waals surface area contributed by atoms with Gasteiger partial charge in [-0.2, -0.15) is 0 Å². The first-order valence-corrected chi connectivity index (χ1v) is 7.31. The van der Waals surface area contributed by atoms with Crippen LogP contribution in [0.1, 0.15) is 19.8 Å². The quantitative estimate of drug-likeness (QED) is 0.615. The molecule has 0 bridgehead atoms. The molecule has 1 fully saturated rings. The van der Waals surface area contributed by atoms with Crippen LogP contribution in [0.3, 0.4) is 0 Å². The molecule has 1 aromatic rings. The number of likely N-dealkylation sites (N-methyl/N-ethyl adjacent to an activating group) is 1. The van der Waals surface area contributed by atoms with Crippen molar-refractivity contribution < 1.29 is 0 Å². The van der Waals surface area contributed by atoms with Crippen molar-refractivity contribution in [3.8, 4) is 0 Å². The molecule has 0 saturated heterocycles. The highest BCUT2D eigenvalue weighted by Crippen LogP contribution is 2.26. The second-order valence-corrected chi connectivity index (χ2v) is 5.69. The fourth-order valence-electron chi connectivity index (χ4n) is 2.05. The summed E-state index contributed by atoms with van der Waals surface area (Å²) in [5.41, 5.74) is 7.75. The van der Waals surface area contributed by atoms with Crippen molar-refractivity contribution in [2.45, 2.75) is 25.8 Å². The van der Waals surface area contributed by atoms with Crippen molar-refractivity contribution in [1.82, 2.24) is 4.90 Å². The lowest BCUT2D eigenvalue weighted by Crippen LogP contribution is -2.31. The Kier molecular flexibility index (Phi) is 4.50. The van der Waals surface area contributed by atoms with Crippen molar-refractivity contribution in [3.05, 3.63) is 21.8 Å². The number of halogens is 1. The van der Waals surface area contributed by atoms with Crippen molar-refractivity contribution in [2.75, 3.05) is 30.7 Å². The van der Waals surface area contributed by atoms with Crippen LogP contribution in [0.5, 0.6) is 0 Å². The highest BCUT2D eigenvalue weighted by atomic mass is 127. The fourth-order valence-corrected chi connectivity index (χ4v) is 2.78. The number of hydrogen-bond donors (Lipinski definition) is 2. The average molecular weight is 345 g/mol. The monoisotopic (exact) mass is 345 g/mol. The molecule has 0 heterocycles. The standard InChI is InChI=1S/C13H20IN3/c1-2-17(11-4-5-11)8-7-16-13-6-3-10(15)9-12(13)14/h3,6,9,11,16H,2,4-5,7-8,15H2,1H3. The molecule has 94 valence electrons. The molecule has 1 aliphatic carbocycles. The third-order valence-corrected chi connectivity index (χ3v) is 4.07. The summed E-state index contributed by atoms with van der Waals surface area (Å²) in [5, 5.41) is 3.48. The molecule has 17 heavy (non-hydrogen) atoms. The summed E-state index contributed by atoms with van der Waals surface area (Å²) in [4.78, 5) is 2.55. The zero-order valence-electron chi connectivity index (χ0n) is 10.2. The average Bonchev–Trinajstić information content (AvgIpc) is 3.11. The summed E-state index contributed by atoms with van der Waals surface area (Å²) < 4.78 is 1.19. The predicted octanol–water partition coefficient (Wildman–Crippen LogP) is 2.77. The third kappa shape index (κ3) is 3.74. The van der Waals surface area contributed by atoms with Gasteiger partial charge in [-0.05, 0) is 60.2 Å². The van der Waals surface area contributed by atoms with Crippen LogP contribution >= 0.6 is 22.6 Å². The van der Waals surface area contributed by atoms with Crippen LogP contribution in [-0.4, -0.2) is 30.6 Å². The molecule has 0 aromatic heterocycles. The first kappa shape index (κ1) is 13.0. The molecular formula is C13H20IN3. The van der Waals surface area contributed by atoms with Gasteiger partial charge in [-0.15, -0.1) is 0 Å². The van der Waals surface area contributed by atoms with Crippen molar-refractivity contribution in [3.63, 3.8) is 0 Å². The Morgan fingerprint density at radius 1 is 1.47 bits per heavy atom. The lowest BCUT2D eigenvalue weighted by Gasteiger charge is -2.20. The van der Waals surface area contributed by atoms with Gasteiger partial charge in [0.25, 0.3) is 0 Å². The van der Waals surface area contributed by atoms with Gasteiger partial charge >= 0.3 is 0 Å². The van der Waals surface area contributed by atoms with Gasteiger partial charge in [0.2, 0.25) is 0 Å². The topological polar surface area (TPSA) is 41.3 Å². The molecule has 0 aliphatic heterocycles. The molecule has 0 amide bonds. The predicted molar refractivity (Wildman–Crippen MR) is 82.3 cm³/mol. The van der Waals surface area contributed by atoms with E-state index in [9.17, 15) is 0 Å². The van der Waals surface area contributed by atoms with E-state index >= 15 is 0 Å². The second-order valence-electron chi connectivity index (χ2n) is 4.53. The van der Waals surface area contributed by atoms with Crippen LogP contribution in [-0.2, 0) is 0 Å². The minimum absolute atomic E-state index is 0.827. The van der Waals surface area contributed by atoms with Crippen molar-refractivity contribution in [2.24, 2.45) is 0 Å². The van der Waals surface area contributed by atoms with E-state index in [1.165, 1.54) is 22.1 Å². The van der Waals surface area contributed by atoms with E-state index in [0.717, 1.165) is 31.4 Å². The van der Waals surface area contributed by atoms with E-state index in [1.54, 1.807) is 0 Å². The Bertz CT molecular complexity index is 377. The molecule has 3 N–H and O–H groups in total. The maximum Gasteiger partial charge on any atom is 0.0477 e. The number of nitrogens with zero attached hydrogens (tertiary/aromatic N) is 1. The van der Waals surface area contributed by atoms with Gasteiger partial charge < -0.3 is 11.1 Å². The summed E-state index contributed by atoms with van der Waals surface area (Å²) in [7, 11) is 0. The van der Waals surface area contributed by atoms with Gasteiger partial charge in [0, 0.05) is 34.1 Å². The zero-order valence-corrected chi connectivity index (χ0v) is 12.4. The normalized spacial score (nSPS) is 15.2. The number of anilines is 2. The Hall–Kier alpha value is -0.490. The van der Waals surface area contributed by atoms with E-state index in [0.29, 0.717) is 0 Å². The lowest BCUT2D eigenvalue weighted by atomic mass is 10.3. The number of nitrogen functional groups attached to an aromatic ring is 1. The Morgan fingerprint density at radius 3 is 2.82 bits per heavy atom. The van der Waals surface area contributed by atoms with E-state index < -0.39 is 0 Å². The molecule has 3 nitrogen and oxygen atoms in total. The first-order valence-electron chi connectivity index (χ1n) is 6.23. The van der Waals surface area contributed by atoms with Crippen molar-refractivity contribution in [1.29, 1.82) is 0 Å². The number of nitrogens with two attached hydrogens (primary N) is 1. The molecule has 0 unspecified atom stereocenters. The number of benzene rings is 1. The summed E-state index contributed by atoms with van der Waals surface area (Å²) >= 11 is 2.32. The Labute approximate surface area is 117 Å². The first-order chi connectivity index (χ1) is 8.20. The van der Waals surface area contributed by atoms with Gasteiger partial charge in [0.1, 0.15) is 0 Å². The molecular weight excluding hydrogens is 325 g/mol. The van der Waals surface area contributed by atoms with E-state index in [4.69, 9.17) is 5.73 Å². The van der Waals surface area contributed by atoms with Crippen LogP contribution < -0.4 is 11.1 Å². The van der Waals surface area contributed by atoms with Crippen LogP contribution in [0.25, 0.3) is 0 Å². The van der Waals surface area contributed by atoms with E-state index in [-0.39, 0.29) is 0 Å². The minimum atomic E-state index is 0.827. The summed E-state index contributed by atoms with van der Waals surface area (Å²) in [6.07, 6.45) is 2.76. The molecule has 1 saturated carbocycles. The molecule has 1 aromatic carbocycles. The number of rotatable bonds is 6. The van der Waals surface area contributed by atoms with Crippen molar-refractivity contribution >= 4 is 34.0 Å². The number of nitrogens with one attached hydrogen (secondary N) is 1. The van der Waals surface area contributed by atoms with Crippen LogP contribution in [0, 0.1) is 3.57 Å².